The molecule has 1 rings (SSSR count). The second-order valence-corrected chi connectivity index (χ2v) is 2.60. The SMILES string of the molecule is Nc1nc(F)c(OC(F)(F)F)cc1Cl. The lowest BCUT2D eigenvalue weighted by Crippen LogP contribution is -2.18. The van der Waals surface area contributed by atoms with Crippen LogP contribution in [0.4, 0.5) is 23.4 Å². The molecule has 0 spiro atoms. The number of hydrogen-bond donors (Lipinski definition) is 1. The normalized spacial score (nSPS) is 11.5. The van der Waals surface area contributed by atoms with Crippen LogP contribution in [0.5, 0.6) is 5.75 Å². The molecule has 3 nitrogen and oxygen atoms in total. The zero-order valence-electron chi connectivity index (χ0n) is 6.40. The minimum Gasteiger partial charge on any atom is -0.401 e. The number of nitrogen functional groups attached to an aromatic ring is 1. The van der Waals surface area contributed by atoms with Crippen LogP contribution in [0.1, 0.15) is 0 Å². The number of aromatic nitrogens is 1. The molecule has 78 valence electrons. The number of hydrogen-bond acceptors (Lipinski definition) is 3. The summed E-state index contributed by atoms with van der Waals surface area (Å²) in [5, 5.41) is -0.314. The number of alkyl halides is 3. The zero-order valence-corrected chi connectivity index (χ0v) is 7.16. The molecule has 0 saturated carbocycles. The Kier molecular flexibility index (Phi) is 2.70. The van der Waals surface area contributed by atoms with Gasteiger partial charge in [-0.15, -0.1) is 13.2 Å². The van der Waals surface area contributed by atoms with Gasteiger partial charge in [-0.2, -0.15) is 9.37 Å². The summed E-state index contributed by atoms with van der Waals surface area (Å²) in [6, 6.07) is 0.604. The van der Waals surface area contributed by atoms with Gasteiger partial charge in [0, 0.05) is 6.07 Å². The molecule has 2 N–H and O–H groups in total. The molecule has 0 fully saturated rings. The molecule has 0 aliphatic heterocycles. The molecule has 8 heteroatoms. The molecule has 0 saturated heterocycles. The minimum atomic E-state index is -5.00. The van der Waals surface area contributed by atoms with Gasteiger partial charge in [-0.05, 0) is 0 Å². The van der Waals surface area contributed by atoms with Gasteiger partial charge in [0.05, 0.1) is 5.02 Å². The summed E-state index contributed by atoms with van der Waals surface area (Å²) < 4.78 is 51.0. The molecule has 1 aromatic rings. The third-order valence-corrected chi connectivity index (χ3v) is 1.45. The highest BCUT2D eigenvalue weighted by Gasteiger charge is 2.33. The lowest BCUT2D eigenvalue weighted by molar-refractivity contribution is -0.275. The largest absolute Gasteiger partial charge is 0.573 e. The molecule has 0 bridgehead atoms. The molecule has 14 heavy (non-hydrogen) atoms. The van der Waals surface area contributed by atoms with Gasteiger partial charge in [-0.3, -0.25) is 0 Å². The first-order valence-electron chi connectivity index (χ1n) is 3.17. The number of nitrogens with zero attached hydrogens (tertiary/aromatic N) is 1. The molecule has 0 aliphatic carbocycles. The fourth-order valence-electron chi connectivity index (χ4n) is 0.659. The van der Waals surface area contributed by atoms with Crippen molar-refractivity contribution in [2.24, 2.45) is 0 Å². The molecular weight excluding hydrogens is 228 g/mol. The topological polar surface area (TPSA) is 48.1 Å². The van der Waals surface area contributed by atoms with E-state index in [1.54, 1.807) is 0 Å². The Morgan fingerprint density at radius 3 is 2.50 bits per heavy atom. The van der Waals surface area contributed by atoms with E-state index in [0.717, 1.165) is 0 Å². The van der Waals surface area contributed by atoms with E-state index in [1.165, 1.54) is 0 Å². The zero-order chi connectivity index (χ0) is 10.9. The molecule has 1 aromatic heterocycles. The first kappa shape index (κ1) is 10.8. The summed E-state index contributed by atoms with van der Waals surface area (Å²) in [7, 11) is 0. The van der Waals surface area contributed by atoms with Gasteiger partial charge >= 0.3 is 6.36 Å². The van der Waals surface area contributed by atoms with Crippen LogP contribution in [0.2, 0.25) is 5.02 Å². The van der Waals surface area contributed by atoms with E-state index >= 15 is 0 Å². The Morgan fingerprint density at radius 2 is 2.00 bits per heavy atom. The standard InChI is InChI=1S/C6H3ClF4N2O/c7-2-1-3(14-6(9,10)11)4(8)13-5(2)12/h1H,(H2,12,13). The lowest BCUT2D eigenvalue weighted by atomic mass is 10.4. The fraction of sp³-hybridized carbons (Fsp3) is 0.167. The molecule has 0 aliphatic rings. The monoisotopic (exact) mass is 230 g/mol. The molecule has 1 heterocycles. The minimum absolute atomic E-state index is 0.314. The summed E-state index contributed by atoms with van der Waals surface area (Å²) in [6.07, 6.45) is -5.00. The Hall–Kier alpha value is -1.24. The van der Waals surface area contributed by atoms with Crippen molar-refractivity contribution in [2.75, 3.05) is 5.73 Å². The second-order valence-electron chi connectivity index (χ2n) is 2.19. The van der Waals surface area contributed by atoms with E-state index in [0.29, 0.717) is 6.07 Å². The van der Waals surface area contributed by atoms with Gasteiger partial charge in [0.15, 0.2) is 5.75 Å². The molecule has 0 aromatic carbocycles. The van der Waals surface area contributed by atoms with Crippen LogP contribution in [0.3, 0.4) is 0 Å². The predicted molar refractivity (Wildman–Crippen MR) is 40.3 cm³/mol. The molecule has 0 amide bonds. The van der Waals surface area contributed by atoms with Crippen molar-refractivity contribution in [1.82, 2.24) is 4.98 Å². The van der Waals surface area contributed by atoms with E-state index in [9.17, 15) is 17.6 Å². The molecular formula is C6H3ClF4N2O. The van der Waals surface area contributed by atoms with Crippen LogP contribution in [0.15, 0.2) is 6.07 Å². The van der Waals surface area contributed by atoms with E-state index in [4.69, 9.17) is 17.3 Å². The average molecular weight is 231 g/mol. The van der Waals surface area contributed by atoms with Crippen molar-refractivity contribution in [3.63, 3.8) is 0 Å². The summed E-state index contributed by atoms with van der Waals surface area (Å²) in [4.78, 5) is 2.91. The van der Waals surface area contributed by atoms with Crippen LogP contribution >= 0.6 is 11.6 Å². The van der Waals surface area contributed by atoms with Crippen LogP contribution < -0.4 is 10.5 Å². The number of anilines is 1. The van der Waals surface area contributed by atoms with E-state index < -0.39 is 23.9 Å². The maximum absolute atomic E-state index is 12.7. The summed E-state index contributed by atoms with van der Waals surface area (Å²) in [5.41, 5.74) is 5.03. The van der Waals surface area contributed by atoms with Crippen LogP contribution in [0, 0.1) is 5.95 Å². The van der Waals surface area contributed by atoms with Gasteiger partial charge in [0.25, 0.3) is 5.95 Å². The predicted octanol–water partition coefficient (Wildman–Crippen LogP) is 2.35. The highest BCUT2D eigenvalue weighted by atomic mass is 35.5. The third-order valence-electron chi connectivity index (χ3n) is 1.15. The quantitative estimate of drug-likeness (QED) is 0.595. The number of pyridine rings is 1. The number of rotatable bonds is 1. The molecule has 0 radical (unpaired) electrons. The smallest absolute Gasteiger partial charge is 0.401 e. The van der Waals surface area contributed by atoms with Crippen LogP contribution in [-0.4, -0.2) is 11.3 Å². The van der Waals surface area contributed by atoms with Gasteiger partial charge in [-0.25, -0.2) is 0 Å². The van der Waals surface area contributed by atoms with Crippen molar-refractivity contribution >= 4 is 17.4 Å². The first-order chi connectivity index (χ1) is 6.29. The van der Waals surface area contributed by atoms with Crippen molar-refractivity contribution in [2.45, 2.75) is 6.36 Å². The fourth-order valence-corrected chi connectivity index (χ4v) is 0.800. The molecule has 0 atom stereocenters. The number of halogens is 5. The van der Waals surface area contributed by atoms with Crippen LogP contribution in [0.25, 0.3) is 0 Å². The number of nitrogens with two attached hydrogens (primary N) is 1. The molecule has 0 unspecified atom stereocenters. The van der Waals surface area contributed by atoms with Gasteiger partial charge in [0.2, 0.25) is 0 Å². The third kappa shape index (κ3) is 2.63. The maximum atomic E-state index is 12.7. The Balaban J connectivity index is 3.04. The van der Waals surface area contributed by atoms with Crippen LogP contribution in [-0.2, 0) is 0 Å². The first-order valence-corrected chi connectivity index (χ1v) is 3.54. The van der Waals surface area contributed by atoms with Crippen molar-refractivity contribution < 1.29 is 22.3 Å². The van der Waals surface area contributed by atoms with Crippen molar-refractivity contribution in [1.29, 1.82) is 0 Å². The van der Waals surface area contributed by atoms with Crippen molar-refractivity contribution in [3.05, 3.63) is 17.0 Å². The highest BCUT2D eigenvalue weighted by molar-refractivity contribution is 6.32. The lowest BCUT2D eigenvalue weighted by Gasteiger charge is -2.09. The summed E-state index contributed by atoms with van der Waals surface area (Å²) in [6.45, 7) is 0. The Labute approximate surface area is 80.4 Å². The summed E-state index contributed by atoms with van der Waals surface area (Å²) >= 11 is 5.31. The summed E-state index contributed by atoms with van der Waals surface area (Å²) in [5.74, 6) is -2.99. The Bertz CT molecular complexity index is 354. The van der Waals surface area contributed by atoms with E-state index in [2.05, 4.69) is 9.72 Å². The average Bonchev–Trinajstić information content (AvgIpc) is 1.97. The van der Waals surface area contributed by atoms with Gasteiger partial charge in [0.1, 0.15) is 5.82 Å². The Morgan fingerprint density at radius 1 is 1.43 bits per heavy atom. The maximum Gasteiger partial charge on any atom is 0.573 e. The van der Waals surface area contributed by atoms with E-state index in [-0.39, 0.29) is 5.02 Å². The van der Waals surface area contributed by atoms with Gasteiger partial charge < -0.3 is 10.5 Å². The van der Waals surface area contributed by atoms with Gasteiger partial charge in [-0.1, -0.05) is 11.6 Å². The highest BCUT2D eigenvalue weighted by Crippen LogP contribution is 2.29. The van der Waals surface area contributed by atoms with E-state index in [1.807, 2.05) is 0 Å². The second kappa shape index (κ2) is 3.49. The van der Waals surface area contributed by atoms with Crippen molar-refractivity contribution in [3.8, 4) is 5.75 Å². The number of ether oxygens (including phenoxy) is 1.